The van der Waals surface area contributed by atoms with E-state index in [2.05, 4.69) is 26.2 Å². The van der Waals surface area contributed by atoms with Gasteiger partial charge in [-0.15, -0.1) is 0 Å². The van der Waals surface area contributed by atoms with Crippen molar-refractivity contribution in [3.8, 4) is 0 Å². The van der Waals surface area contributed by atoms with Gasteiger partial charge in [0, 0.05) is 38.6 Å². The SMILES string of the molecule is CPN1CCC2(CC1)CCN(c1ncccn1)CC2. The summed E-state index contributed by atoms with van der Waals surface area (Å²) in [6.45, 7) is 7.15. The van der Waals surface area contributed by atoms with E-state index in [1.54, 1.807) is 0 Å². The molecule has 3 heterocycles. The van der Waals surface area contributed by atoms with E-state index in [1.807, 2.05) is 18.5 Å². The molecule has 1 aromatic rings. The molecule has 2 aliphatic heterocycles. The summed E-state index contributed by atoms with van der Waals surface area (Å²) >= 11 is 0. The first-order valence-electron chi connectivity index (χ1n) is 7.26. The Morgan fingerprint density at radius 3 is 2.16 bits per heavy atom. The number of aromatic nitrogens is 2. The van der Waals surface area contributed by atoms with Crippen molar-refractivity contribution in [1.82, 2.24) is 14.6 Å². The highest BCUT2D eigenvalue weighted by Gasteiger charge is 2.37. The lowest BCUT2D eigenvalue weighted by Crippen LogP contribution is -2.45. The topological polar surface area (TPSA) is 32.3 Å². The number of hydrogen-bond acceptors (Lipinski definition) is 4. The van der Waals surface area contributed by atoms with Gasteiger partial charge < -0.3 is 4.90 Å². The lowest BCUT2D eigenvalue weighted by Gasteiger charge is -2.46. The van der Waals surface area contributed by atoms with Crippen molar-refractivity contribution >= 4 is 14.7 Å². The van der Waals surface area contributed by atoms with Crippen molar-refractivity contribution in [2.75, 3.05) is 37.7 Å². The van der Waals surface area contributed by atoms with Gasteiger partial charge in [-0.3, -0.25) is 4.67 Å². The Kier molecular flexibility index (Phi) is 3.99. The van der Waals surface area contributed by atoms with Crippen LogP contribution in [0, 0.1) is 5.41 Å². The second-order valence-electron chi connectivity index (χ2n) is 5.75. The zero-order chi connectivity index (χ0) is 13.1. The minimum atomic E-state index is 0.613. The molecule has 1 atom stereocenters. The molecule has 2 saturated heterocycles. The summed E-state index contributed by atoms with van der Waals surface area (Å²) in [6.07, 6.45) is 9.08. The van der Waals surface area contributed by atoms with Gasteiger partial charge in [-0.2, -0.15) is 0 Å². The fraction of sp³-hybridized carbons (Fsp3) is 0.714. The molecule has 3 rings (SSSR count). The van der Waals surface area contributed by atoms with Gasteiger partial charge in [-0.05, 0) is 43.8 Å². The monoisotopic (exact) mass is 278 g/mol. The van der Waals surface area contributed by atoms with E-state index in [1.165, 1.54) is 38.8 Å². The Bertz CT molecular complexity index is 393. The van der Waals surface area contributed by atoms with E-state index in [0.29, 0.717) is 5.41 Å². The van der Waals surface area contributed by atoms with Crippen LogP contribution >= 0.6 is 8.73 Å². The van der Waals surface area contributed by atoms with E-state index in [-0.39, 0.29) is 0 Å². The van der Waals surface area contributed by atoms with Crippen molar-refractivity contribution in [2.45, 2.75) is 25.7 Å². The highest BCUT2D eigenvalue weighted by molar-refractivity contribution is 7.34. The Hall–Kier alpha value is -0.730. The van der Waals surface area contributed by atoms with Crippen molar-refractivity contribution in [1.29, 1.82) is 0 Å². The summed E-state index contributed by atoms with van der Waals surface area (Å²) in [5.41, 5.74) is 0.613. The molecule has 5 heteroatoms. The smallest absolute Gasteiger partial charge is 0.225 e. The summed E-state index contributed by atoms with van der Waals surface area (Å²) in [5.74, 6) is 0.907. The number of anilines is 1. The summed E-state index contributed by atoms with van der Waals surface area (Å²) < 4.78 is 2.61. The van der Waals surface area contributed by atoms with E-state index in [0.717, 1.165) is 27.8 Å². The molecule has 104 valence electrons. The van der Waals surface area contributed by atoms with Crippen LogP contribution in [0.25, 0.3) is 0 Å². The first-order chi connectivity index (χ1) is 9.31. The number of hydrogen-bond donors (Lipinski definition) is 0. The maximum atomic E-state index is 4.37. The fourth-order valence-electron chi connectivity index (χ4n) is 3.34. The summed E-state index contributed by atoms with van der Waals surface area (Å²) in [5, 5.41) is 0. The van der Waals surface area contributed by atoms with Gasteiger partial charge in [-0.1, -0.05) is 8.73 Å². The molecule has 0 radical (unpaired) electrons. The van der Waals surface area contributed by atoms with Gasteiger partial charge in [0.15, 0.2) is 0 Å². The third kappa shape index (κ3) is 2.90. The predicted octanol–water partition coefficient (Wildman–Crippen LogP) is 2.38. The van der Waals surface area contributed by atoms with Crippen LogP contribution in [0.3, 0.4) is 0 Å². The maximum absolute atomic E-state index is 4.37. The molecule has 19 heavy (non-hydrogen) atoms. The van der Waals surface area contributed by atoms with E-state index in [4.69, 9.17) is 0 Å². The highest BCUT2D eigenvalue weighted by Crippen LogP contribution is 2.43. The lowest BCUT2D eigenvalue weighted by atomic mass is 9.71. The van der Waals surface area contributed by atoms with Gasteiger partial charge >= 0.3 is 0 Å². The highest BCUT2D eigenvalue weighted by atomic mass is 31.1. The van der Waals surface area contributed by atoms with Crippen molar-refractivity contribution in [3.63, 3.8) is 0 Å². The molecular formula is C14H23N4P. The van der Waals surface area contributed by atoms with Crippen molar-refractivity contribution in [3.05, 3.63) is 18.5 Å². The Morgan fingerprint density at radius 2 is 1.58 bits per heavy atom. The number of rotatable bonds is 2. The zero-order valence-electron chi connectivity index (χ0n) is 11.7. The summed E-state index contributed by atoms with van der Waals surface area (Å²) in [7, 11) is 0.980. The van der Waals surface area contributed by atoms with E-state index < -0.39 is 0 Å². The van der Waals surface area contributed by atoms with Gasteiger partial charge in [0.1, 0.15) is 0 Å². The van der Waals surface area contributed by atoms with Crippen molar-refractivity contribution in [2.24, 2.45) is 5.41 Å². The van der Waals surface area contributed by atoms with Gasteiger partial charge in [0.25, 0.3) is 0 Å². The Labute approximate surface area is 117 Å². The third-order valence-electron chi connectivity index (χ3n) is 4.80. The molecular weight excluding hydrogens is 255 g/mol. The Morgan fingerprint density at radius 1 is 1.00 bits per heavy atom. The minimum absolute atomic E-state index is 0.613. The van der Waals surface area contributed by atoms with Crippen LogP contribution in [0.15, 0.2) is 18.5 Å². The Balaban J connectivity index is 1.58. The molecule has 0 aromatic carbocycles. The molecule has 1 aromatic heterocycles. The quantitative estimate of drug-likeness (QED) is 0.778. The van der Waals surface area contributed by atoms with Crippen LogP contribution < -0.4 is 4.90 Å². The van der Waals surface area contributed by atoms with Crippen LogP contribution in [-0.2, 0) is 0 Å². The van der Waals surface area contributed by atoms with Crippen molar-refractivity contribution < 1.29 is 0 Å². The normalized spacial score (nSPS) is 24.4. The predicted molar refractivity (Wildman–Crippen MR) is 81.0 cm³/mol. The standard InChI is InChI=1S/C14H23N4P/c1-19-18-11-5-14(6-12-18)3-9-17(10-4-14)13-15-7-2-8-16-13/h2,7-8,19H,3-6,9-12H2,1H3. The first-order valence-corrected chi connectivity index (χ1v) is 8.70. The molecule has 0 aliphatic carbocycles. The van der Waals surface area contributed by atoms with Crippen LogP contribution in [0.2, 0.25) is 0 Å². The summed E-state index contributed by atoms with van der Waals surface area (Å²) in [6, 6.07) is 1.89. The molecule has 4 nitrogen and oxygen atoms in total. The van der Waals surface area contributed by atoms with Gasteiger partial charge in [-0.25, -0.2) is 9.97 Å². The second-order valence-corrected chi connectivity index (χ2v) is 6.83. The zero-order valence-corrected chi connectivity index (χ0v) is 12.7. The number of nitrogens with zero attached hydrogens (tertiary/aromatic N) is 4. The molecule has 1 spiro atoms. The average Bonchev–Trinajstić information content (AvgIpc) is 2.50. The maximum Gasteiger partial charge on any atom is 0.225 e. The van der Waals surface area contributed by atoms with E-state index in [9.17, 15) is 0 Å². The molecule has 1 unspecified atom stereocenters. The fourth-order valence-corrected chi connectivity index (χ4v) is 4.01. The lowest BCUT2D eigenvalue weighted by molar-refractivity contribution is 0.122. The third-order valence-corrected chi connectivity index (χ3v) is 5.88. The molecule has 0 bridgehead atoms. The second kappa shape index (κ2) is 5.72. The molecule has 0 amide bonds. The van der Waals surface area contributed by atoms with Crippen LogP contribution in [0.4, 0.5) is 5.95 Å². The summed E-state index contributed by atoms with van der Waals surface area (Å²) in [4.78, 5) is 11.1. The first kappa shape index (κ1) is 13.3. The number of piperidine rings is 2. The molecule has 2 fully saturated rings. The van der Waals surface area contributed by atoms with E-state index >= 15 is 0 Å². The molecule has 0 saturated carbocycles. The largest absolute Gasteiger partial charge is 0.341 e. The molecule has 0 N–H and O–H groups in total. The molecule has 2 aliphatic rings. The van der Waals surface area contributed by atoms with Crippen LogP contribution in [-0.4, -0.2) is 47.5 Å². The average molecular weight is 278 g/mol. The minimum Gasteiger partial charge on any atom is -0.341 e. The van der Waals surface area contributed by atoms with Gasteiger partial charge in [0.2, 0.25) is 5.95 Å². The van der Waals surface area contributed by atoms with Crippen LogP contribution in [0.1, 0.15) is 25.7 Å². The van der Waals surface area contributed by atoms with Gasteiger partial charge in [0.05, 0.1) is 0 Å². The van der Waals surface area contributed by atoms with Crippen LogP contribution in [0.5, 0.6) is 0 Å².